The van der Waals surface area contributed by atoms with Gasteiger partial charge in [0.25, 0.3) is 0 Å². The lowest BCUT2D eigenvalue weighted by atomic mass is 10.00. The Morgan fingerprint density at radius 2 is 1.96 bits per heavy atom. The molecule has 1 aliphatic heterocycles. The summed E-state index contributed by atoms with van der Waals surface area (Å²) >= 11 is 3.15. The molecule has 1 aliphatic rings. The molecule has 0 radical (unpaired) electrons. The third-order valence-corrected chi connectivity index (χ3v) is 3.65. The largest absolute Gasteiger partial charge is 0.467 e. The van der Waals surface area contributed by atoms with Gasteiger partial charge in [-0.3, -0.25) is 4.90 Å². The number of rotatable bonds is 5. The van der Waals surface area contributed by atoms with Gasteiger partial charge in [-0.25, -0.2) is 14.5 Å². The second kappa shape index (κ2) is 12.5. The molecule has 26 heavy (non-hydrogen) atoms. The predicted molar refractivity (Wildman–Crippen MR) is 92.5 cm³/mol. The van der Waals surface area contributed by atoms with Crippen LogP contribution in [0.15, 0.2) is 30.3 Å². The number of hydrogen-bond acceptors (Lipinski definition) is 9. The summed E-state index contributed by atoms with van der Waals surface area (Å²) in [5, 5.41) is 13.3. The monoisotopic (exact) mass is 389 g/mol. The minimum Gasteiger partial charge on any atom is -0.467 e. The number of piperidine rings is 1. The number of carbonyl (C=O) groups excluding carboxylic acids is 2. The SMILES string of the molecule is COC(=O)C1CC(O)CCN1C(=O)OCc1ccccc1.COOOS. The van der Waals surface area contributed by atoms with Crippen molar-refractivity contribution in [1.29, 1.82) is 0 Å². The van der Waals surface area contributed by atoms with Crippen LogP contribution in [0.3, 0.4) is 0 Å². The predicted octanol–water partition coefficient (Wildman–Crippen LogP) is 1.66. The number of benzene rings is 1. The highest BCUT2D eigenvalue weighted by Crippen LogP contribution is 2.20. The van der Waals surface area contributed by atoms with Gasteiger partial charge in [-0.2, -0.15) is 0 Å². The molecular weight excluding hydrogens is 366 g/mol. The van der Waals surface area contributed by atoms with Crippen LogP contribution < -0.4 is 0 Å². The number of ether oxygens (including phenoxy) is 2. The third kappa shape index (κ3) is 7.58. The second-order valence-electron chi connectivity index (χ2n) is 5.26. The summed E-state index contributed by atoms with van der Waals surface area (Å²) < 4.78 is 13.6. The van der Waals surface area contributed by atoms with E-state index in [4.69, 9.17) is 4.74 Å². The van der Waals surface area contributed by atoms with Gasteiger partial charge in [0.05, 0.1) is 20.3 Å². The van der Waals surface area contributed by atoms with Crippen LogP contribution in [-0.2, 0) is 35.1 Å². The molecule has 1 fully saturated rings. The Morgan fingerprint density at radius 1 is 1.27 bits per heavy atom. The van der Waals surface area contributed by atoms with Gasteiger partial charge in [-0.15, -0.1) is 4.33 Å². The van der Waals surface area contributed by atoms with Crippen molar-refractivity contribution in [3.05, 3.63) is 35.9 Å². The summed E-state index contributed by atoms with van der Waals surface area (Å²) in [6.45, 7) is 0.418. The Hall–Kier alpha value is -1.85. The molecule has 146 valence electrons. The summed E-state index contributed by atoms with van der Waals surface area (Å²) in [6, 6.07) is 8.51. The lowest BCUT2D eigenvalue weighted by Gasteiger charge is -2.35. The fourth-order valence-corrected chi connectivity index (χ4v) is 2.42. The summed E-state index contributed by atoms with van der Waals surface area (Å²) in [4.78, 5) is 29.1. The molecule has 1 saturated heterocycles. The van der Waals surface area contributed by atoms with Crippen molar-refractivity contribution in [2.45, 2.75) is 31.6 Å². The minimum atomic E-state index is -0.790. The Balaban J connectivity index is 0.000000597. The highest BCUT2D eigenvalue weighted by molar-refractivity contribution is 7.74. The molecule has 0 spiro atoms. The summed E-state index contributed by atoms with van der Waals surface area (Å²) in [5.74, 6) is -0.537. The molecule has 0 aliphatic carbocycles. The molecule has 0 bridgehead atoms. The van der Waals surface area contributed by atoms with E-state index >= 15 is 0 Å². The molecule has 1 aromatic rings. The van der Waals surface area contributed by atoms with Crippen molar-refractivity contribution >= 4 is 25.0 Å². The van der Waals surface area contributed by atoms with Gasteiger partial charge in [0.1, 0.15) is 12.6 Å². The molecule has 1 heterocycles. The van der Waals surface area contributed by atoms with Crippen molar-refractivity contribution in [3.63, 3.8) is 0 Å². The van der Waals surface area contributed by atoms with Crippen LogP contribution in [0, 0.1) is 0 Å². The minimum absolute atomic E-state index is 0.145. The first-order valence-electron chi connectivity index (χ1n) is 7.77. The first kappa shape index (κ1) is 22.2. The van der Waals surface area contributed by atoms with Crippen LogP contribution >= 0.6 is 12.9 Å². The van der Waals surface area contributed by atoms with Crippen molar-refractivity contribution in [1.82, 2.24) is 4.90 Å². The maximum absolute atomic E-state index is 12.1. The highest BCUT2D eigenvalue weighted by atomic mass is 32.1. The fourth-order valence-electron chi connectivity index (χ4n) is 2.36. The molecule has 2 rings (SSSR count). The van der Waals surface area contributed by atoms with Crippen LogP contribution in [0.25, 0.3) is 0 Å². The smallest absolute Gasteiger partial charge is 0.410 e. The quantitative estimate of drug-likeness (QED) is 0.258. The van der Waals surface area contributed by atoms with Crippen LogP contribution in [0.1, 0.15) is 18.4 Å². The maximum Gasteiger partial charge on any atom is 0.410 e. The lowest BCUT2D eigenvalue weighted by molar-refractivity contribution is -0.446. The Morgan fingerprint density at radius 3 is 2.50 bits per heavy atom. The topological polar surface area (TPSA) is 104 Å². The number of likely N-dealkylation sites (tertiary alicyclic amines) is 1. The van der Waals surface area contributed by atoms with Crippen LogP contribution in [0.5, 0.6) is 0 Å². The number of aliphatic hydroxyl groups is 1. The second-order valence-corrected chi connectivity index (χ2v) is 5.41. The van der Waals surface area contributed by atoms with Gasteiger partial charge in [-0.1, -0.05) is 35.4 Å². The van der Waals surface area contributed by atoms with E-state index in [9.17, 15) is 14.7 Å². The number of esters is 1. The van der Waals surface area contributed by atoms with Crippen LogP contribution in [-0.4, -0.2) is 55.0 Å². The highest BCUT2D eigenvalue weighted by Gasteiger charge is 2.37. The maximum atomic E-state index is 12.1. The average Bonchev–Trinajstić information content (AvgIpc) is 2.67. The molecule has 9 nitrogen and oxygen atoms in total. The van der Waals surface area contributed by atoms with E-state index in [-0.39, 0.29) is 19.6 Å². The number of thiol groups is 1. The lowest BCUT2D eigenvalue weighted by Crippen LogP contribution is -2.51. The van der Waals surface area contributed by atoms with Crippen LogP contribution in [0.2, 0.25) is 0 Å². The molecule has 0 saturated carbocycles. The Bertz CT molecular complexity index is 542. The van der Waals surface area contributed by atoms with E-state index in [0.29, 0.717) is 6.42 Å². The number of amides is 1. The zero-order valence-corrected chi connectivity index (χ0v) is 15.5. The van der Waals surface area contributed by atoms with Crippen LogP contribution in [0.4, 0.5) is 4.79 Å². The zero-order chi connectivity index (χ0) is 19.4. The van der Waals surface area contributed by atoms with Gasteiger partial charge in [0.15, 0.2) is 0 Å². The van der Waals surface area contributed by atoms with E-state index in [1.54, 1.807) is 0 Å². The summed E-state index contributed by atoms with van der Waals surface area (Å²) in [5.41, 5.74) is 0.873. The van der Waals surface area contributed by atoms with Gasteiger partial charge < -0.3 is 14.6 Å². The number of methoxy groups -OCH3 is 1. The summed E-state index contributed by atoms with van der Waals surface area (Å²) in [7, 11) is 2.58. The van der Waals surface area contributed by atoms with Crippen molar-refractivity contribution < 1.29 is 38.4 Å². The zero-order valence-electron chi connectivity index (χ0n) is 14.6. The van der Waals surface area contributed by atoms with E-state index in [1.165, 1.54) is 19.1 Å². The number of carbonyl (C=O) groups is 2. The average molecular weight is 389 g/mol. The van der Waals surface area contributed by atoms with Crippen molar-refractivity contribution in [2.24, 2.45) is 0 Å². The van der Waals surface area contributed by atoms with Gasteiger partial charge >= 0.3 is 12.1 Å². The van der Waals surface area contributed by atoms with E-state index in [2.05, 4.69) is 31.9 Å². The standard InChI is InChI=1S/C15H19NO5.CH4O3S/c1-20-14(18)13-9-12(17)7-8-16(13)15(19)21-10-11-5-3-2-4-6-11;1-2-3-4-5/h2-6,12-13,17H,7-10H2,1H3;5H,1H3. The normalized spacial score (nSPS) is 19.2. The van der Waals surface area contributed by atoms with Gasteiger partial charge in [0.2, 0.25) is 0 Å². The molecule has 0 aromatic heterocycles. The van der Waals surface area contributed by atoms with Crippen molar-refractivity contribution in [3.8, 4) is 0 Å². The Kier molecular flexibility index (Phi) is 10.7. The molecule has 1 N–H and O–H groups in total. The van der Waals surface area contributed by atoms with Gasteiger partial charge in [-0.05, 0) is 12.0 Å². The van der Waals surface area contributed by atoms with Crippen molar-refractivity contribution in [2.75, 3.05) is 20.8 Å². The first-order chi connectivity index (χ1) is 12.5. The van der Waals surface area contributed by atoms with Gasteiger partial charge in [0, 0.05) is 25.9 Å². The number of hydrogen-bond donors (Lipinski definition) is 2. The van der Waals surface area contributed by atoms with E-state index in [1.807, 2.05) is 30.3 Å². The van der Waals surface area contributed by atoms with E-state index in [0.717, 1.165) is 5.56 Å². The number of aliphatic hydroxyl groups excluding tert-OH is 1. The Labute approximate surface area is 157 Å². The first-order valence-corrected chi connectivity index (χ1v) is 8.14. The molecule has 1 aromatic carbocycles. The molecular formula is C16H23NO8S. The van der Waals surface area contributed by atoms with E-state index < -0.39 is 24.2 Å². The summed E-state index contributed by atoms with van der Waals surface area (Å²) in [6.07, 6.45) is -0.574. The fraction of sp³-hybridized carbons (Fsp3) is 0.500. The molecule has 1 amide bonds. The third-order valence-electron chi connectivity index (χ3n) is 3.59. The molecule has 10 heteroatoms. The number of nitrogens with zero attached hydrogens (tertiary/aromatic N) is 1. The molecule has 2 atom stereocenters. The molecule has 2 unspecified atom stereocenters.